The van der Waals surface area contributed by atoms with E-state index in [1.54, 1.807) is 29.2 Å². The zero-order valence-corrected chi connectivity index (χ0v) is 18.5. The third-order valence-electron chi connectivity index (χ3n) is 5.98. The van der Waals surface area contributed by atoms with E-state index in [0.717, 1.165) is 16.7 Å². The van der Waals surface area contributed by atoms with Crippen LogP contribution in [-0.4, -0.2) is 28.7 Å². The maximum atomic E-state index is 13.6. The van der Waals surface area contributed by atoms with Crippen LogP contribution >= 0.6 is 0 Å². The summed E-state index contributed by atoms with van der Waals surface area (Å²) in [5.41, 5.74) is 4.01. The monoisotopic (exact) mass is 426 g/mol. The molecule has 162 valence electrons. The number of amides is 3. The fourth-order valence-electron chi connectivity index (χ4n) is 4.12. The van der Waals surface area contributed by atoms with E-state index >= 15 is 0 Å². The summed E-state index contributed by atoms with van der Waals surface area (Å²) in [6, 6.07) is 22.9. The lowest BCUT2D eigenvalue weighted by molar-refractivity contribution is -0.122. The first-order valence-electron chi connectivity index (χ1n) is 10.7. The number of hydrogen-bond donors (Lipinski definition) is 0. The van der Waals surface area contributed by atoms with E-state index in [0.29, 0.717) is 11.3 Å². The van der Waals surface area contributed by atoms with Gasteiger partial charge in [-0.15, -0.1) is 0 Å². The zero-order chi connectivity index (χ0) is 22.8. The van der Waals surface area contributed by atoms with Crippen LogP contribution in [0.25, 0.3) is 0 Å². The van der Waals surface area contributed by atoms with Crippen molar-refractivity contribution < 1.29 is 14.4 Å². The second kappa shape index (κ2) is 8.79. The number of aryl methyl sites for hydroxylation is 2. The predicted molar refractivity (Wildman–Crippen MR) is 124 cm³/mol. The predicted octanol–water partition coefficient (Wildman–Crippen LogP) is 4.84. The molecule has 0 radical (unpaired) electrons. The summed E-state index contributed by atoms with van der Waals surface area (Å²) in [5.74, 6) is -0.939. The van der Waals surface area contributed by atoms with Gasteiger partial charge in [-0.3, -0.25) is 14.4 Å². The quantitative estimate of drug-likeness (QED) is 0.549. The maximum Gasteiger partial charge on any atom is 0.257 e. The van der Waals surface area contributed by atoms with Gasteiger partial charge in [0.2, 0.25) is 5.91 Å². The molecule has 1 aliphatic heterocycles. The van der Waals surface area contributed by atoms with Gasteiger partial charge in [0, 0.05) is 5.56 Å². The minimum absolute atomic E-state index is 0.0402. The van der Waals surface area contributed by atoms with Crippen LogP contribution in [0.3, 0.4) is 0 Å². The van der Waals surface area contributed by atoms with Gasteiger partial charge in [0.05, 0.1) is 18.2 Å². The number of anilines is 1. The summed E-state index contributed by atoms with van der Waals surface area (Å²) in [6.07, 6.45) is -0.0402. The van der Waals surface area contributed by atoms with Crippen molar-refractivity contribution in [1.82, 2.24) is 4.90 Å². The van der Waals surface area contributed by atoms with Crippen molar-refractivity contribution in [3.63, 3.8) is 0 Å². The highest BCUT2D eigenvalue weighted by Crippen LogP contribution is 2.32. The minimum Gasteiger partial charge on any atom is -0.319 e. The number of benzene rings is 3. The zero-order valence-electron chi connectivity index (χ0n) is 18.5. The third-order valence-corrected chi connectivity index (χ3v) is 5.98. The molecule has 4 rings (SSSR count). The number of rotatable bonds is 5. The van der Waals surface area contributed by atoms with E-state index < -0.39 is 6.04 Å². The maximum absolute atomic E-state index is 13.6. The molecule has 0 saturated carbocycles. The van der Waals surface area contributed by atoms with Crippen LogP contribution in [0.2, 0.25) is 0 Å². The molecular weight excluding hydrogens is 400 g/mol. The highest BCUT2D eigenvalue weighted by atomic mass is 16.2. The normalized spacial score (nSPS) is 16.8. The molecule has 32 heavy (non-hydrogen) atoms. The summed E-state index contributed by atoms with van der Waals surface area (Å²) >= 11 is 0. The lowest BCUT2D eigenvalue weighted by Gasteiger charge is -2.33. The molecule has 3 amide bonds. The minimum atomic E-state index is -0.868. The Morgan fingerprint density at radius 2 is 1.44 bits per heavy atom. The summed E-state index contributed by atoms with van der Waals surface area (Å²) in [5, 5.41) is 0. The molecule has 0 N–H and O–H groups in total. The molecule has 3 aromatic rings. The van der Waals surface area contributed by atoms with E-state index in [9.17, 15) is 14.4 Å². The summed E-state index contributed by atoms with van der Waals surface area (Å²) in [4.78, 5) is 42.8. The SMILES string of the molecule is Cc1ccc(C(=O)N(C2CC(=O)N(c3ccc(C)cc3)C2=O)C(C)c2ccccc2)cc1. The van der Waals surface area contributed by atoms with Crippen LogP contribution in [0.15, 0.2) is 78.9 Å². The van der Waals surface area contributed by atoms with Gasteiger partial charge in [0.1, 0.15) is 6.04 Å². The second-order valence-corrected chi connectivity index (χ2v) is 8.29. The van der Waals surface area contributed by atoms with E-state index in [4.69, 9.17) is 0 Å². The fraction of sp³-hybridized carbons (Fsp3) is 0.222. The molecule has 1 saturated heterocycles. The van der Waals surface area contributed by atoms with Crippen molar-refractivity contribution in [2.75, 3.05) is 4.90 Å². The Labute approximate surface area is 188 Å². The Bertz CT molecular complexity index is 1140. The van der Waals surface area contributed by atoms with Crippen molar-refractivity contribution in [3.05, 3.63) is 101 Å². The highest BCUT2D eigenvalue weighted by Gasteiger charge is 2.46. The molecule has 1 aliphatic rings. The van der Waals surface area contributed by atoms with E-state index in [-0.39, 0.29) is 30.2 Å². The van der Waals surface area contributed by atoms with Gasteiger partial charge in [-0.2, -0.15) is 0 Å². The Hall–Kier alpha value is -3.73. The molecule has 0 spiro atoms. The molecular formula is C27H26N2O3. The van der Waals surface area contributed by atoms with Gasteiger partial charge in [-0.1, -0.05) is 65.7 Å². The number of hydrogen-bond acceptors (Lipinski definition) is 3. The van der Waals surface area contributed by atoms with Crippen molar-refractivity contribution in [1.29, 1.82) is 0 Å². The third kappa shape index (κ3) is 4.06. The average Bonchev–Trinajstić information content (AvgIpc) is 3.09. The van der Waals surface area contributed by atoms with Gasteiger partial charge >= 0.3 is 0 Å². The van der Waals surface area contributed by atoms with Gasteiger partial charge < -0.3 is 4.90 Å². The molecule has 2 unspecified atom stereocenters. The molecule has 5 heteroatoms. The van der Waals surface area contributed by atoms with Gasteiger partial charge in [0.15, 0.2) is 0 Å². The van der Waals surface area contributed by atoms with Crippen molar-refractivity contribution in [2.45, 2.75) is 39.3 Å². The van der Waals surface area contributed by atoms with Crippen LogP contribution in [0.1, 0.15) is 46.4 Å². The Kier molecular flexibility index (Phi) is 5.91. The Morgan fingerprint density at radius 1 is 0.875 bits per heavy atom. The number of carbonyl (C=O) groups excluding carboxylic acids is 3. The molecule has 1 heterocycles. The van der Waals surface area contributed by atoms with Gasteiger partial charge in [-0.05, 0) is 50.6 Å². The molecule has 2 atom stereocenters. The van der Waals surface area contributed by atoms with Gasteiger partial charge in [-0.25, -0.2) is 4.90 Å². The van der Waals surface area contributed by atoms with Crippen LogP contribution in [0.4, 0.5) is 5.69 Å². The lowest BCUT2D eigenvalue weighted by atomic mass is 10.0. The van der Waals surface area contributed by atoms with Crippen LogP contribution < -0.4 is 4.90 Å². The Balaban J connectivity index is 1.73. The summed E-state index contributed by atoms with van der Waals surface area (Å²) in [7, 11) is 0. The number of imide groups is 1. The summed E-state index contributed by atoms with van der Waals surface area (Å²) in [6.45, 7) is 5.80. The average molecular weight is 427 g/mol. The van der Waals surface area contributed by atoms with E-state index in [1.165, 1.54) is 4.90 Å². The second-order valence-electron chi connectivity index (χ2n) is 8.29. The van der Waals surface area contributed by atoms with Crippen molar-refractivity contribution in [3.8, 4) is 0 Å². The summed E-state index contributed by atoms with van der Waals surface area (Å²) < 4.78 is 0. The largest absolute Gasteiger partial charge is 0.319 e. The first kappa shape index (κ1) is 21.5. The van der Waals surface area contributed by atoms with Crippen molar-refractivity contribution in [2.24, 2.45) is 0 Å². The number of carbonyl (C=O) groups is 3. The smallest absolute Gasteiger partial charge is 0.257 e. The molecule has 5 nitrogen and oxygen atoms in total. The molecule has 3 aromatic carbocycles. The topological polar surface area (TPSA) is 57.7 Å². The van der Waals surface area contributed by atoms with E-state index in [1.807, 2.05) is 75.4 Å². The fourth-order valence-corrected chi connectivity index (χ4v) is 4.12. The molecule has 0 bridgehead atoms. The van der Waals surface area contributed by atoms with Crippen LogP contribution in [0.5, 0.6) is 0 Å². The molecule has 0 aromatic heterocycles. The lowest BCUT2D eigenvalue weighted by Crippen LogP contribution is -2.46. The van der Waals surface area contributed by atoms with Crippen molar-refractivity contribution >= 4 is 23.4 Å². The molecule has 1 fully saturated rings. The van der Waals surface area contributed by atoms with Crippen LogP contribution in [-0.2, 0) is 9.59 Å². The molecule has 0 aliphatic carbocycles. The highest BCUT2D eigenvalue weighted by molar-refractivity contribution is 6.23. The van der Waals surface area contributed by atoms with Gasteiger partial charge in [0.25, 0.3) is 11.8 Å². The first-order valence-corrected chi connectivity index (χ1v) is 10.7. The van der Waals surface area contributed by atoms with E-state index in [2.05, 4.69) is 0 Å². The first-order chi connectivity index (χ1) is 15.4. The van der Waals surface area contributed by atoms with Crippen LogP contribution in [0, 0.1) is 13.8 Å². The number of nitrogens with zero attached hydrogens (tertiary/aromatic N) is 2. The standard InChI is InChI=1S/C27H26N2O3/c1-18-9-13-22(14-10-18)26(31)28(20(3)21-7-5-4-6-8-21)24-17-25(30)29(27(24)32)23-15-11-19(2)12-16-23/h4-16,20,24H,17H2,1-3H3. The Morgan fingerprint density at radius 3 is 2.03 bits per heavy atom.